The highest BCUT2D eigenvalue weighted by atomic mass is 31.2. The third-order valence-corrected chi connectivity index (χ3v) is 2.59. The molecule has 0 radical (unpaired) electrons. The van der Waals surface area contributed by atoms with Gasteiger partial charge in [0.15, 0.2) is 0 Å². The Balaban J connectivity index is 2.87. The van der Waals surface area contributed by atoms with Crippen LogP contribution in [0.15, 0.2) is 6.33 Å². The van der Waals surface area contributed by atoms with Crippen molar-refractivity contribution in [3.63, 3.8) is 0 Å². The van der Waals surface area contributed by atoms with Crippen LogP contribution in [-0.4, -0.2) is 25.0 Å². The van der Waals surface area contributed by atoms with Crippen LogP contribution in [0.1, 0.15) is 18.4 Å². The highest BCUT2D eigenvalue weighted by molar-refractivity contribution is 7.52. The van der Waals surface area contributed by atoms with Gasteiger partial charge in [-0.25, -0.2) is 4.98 Å². The van der Waals surface area contributed by atoms with Crippen molar-refractivity contribution in [3.8, 4) is 0 Å². The van der Waals surface area contributed by atoms with Crippen LogP contribution in [0, 0.1) is 0 Å². The van der Waals surface area contributed by atoms with Crippen molar-refractivity contribution in [1.29, 1.82) is 0 Å². The maximum absolute atomic E-state index is 10.6. The molecule has 62 valence electrons. The number of hydrogen-bond acceptors (Lipinski definition) is 3. The first-order valence-corrected chi connectivity index (χ1v) is 4.60. The summed E-state index contributed by atoms with van der Waals surface area (Å²) in [5, 5.41) is 5.87. The van der Waals surface area contributed by atoms with Crippen LogP contribution >= 0.6 is 7.60 Å². The average Bonchev–Trinajstić information content (AvgIpc) is 2.34. The van der Waals surface area contributed by atoms with Crippen molar-refractivity contribution in [3.05, 3.63) is 12.2 Å². The quantitative estimate of drug-likeness (QED) is 0.554. The van der Waals surface area contributed by atoms with Crippen LogP contribution in [0.4, 0.5) is 0 Å². The Bertz CT molecular complexity index is 266. The molecule has 3 N–H and O–H groups in total. The van der Waals surface area contributed by atoms with E-state index >= 15 is 0 Å². The smallest absolute Gasteiger partial charge is 0.324 e. The van der Waals surface area contributed by atoms with Gasteiger partial charge in [-0.1, -0.05) is 0 Å². The number of nitrogens with one attached hydrogen (secondary N) is 1. The van der Waals surface area contributed by atoms with Crippen molar-refractivity contribution in [2.24, 2.45) is 0 Å². The third-order valence-electron chi connectivity index (χ3n) is 1.33. The van der Waals surface area contributed by atoms with Gasteiger partial charge < -0.3 is 9.79 Å². The van der Waals surface area contributed by atoms with E-state index in [0.29, 0.717) is 0 Å². The van der Waals surface area contributed by atoms with E-state index in [9.17, 15) is 4.57 Å². The summed E-state index contributed by atoms with van der Waals surface area (Å²) in [6, 6.07) is 0. The van der Waals surface area contributed by atoms with Gasteiger partial charge in [-0.2, -0.15) is 5.10 Å². The Morgan fingerprint density at radius 2 is 2.36 bits per heavy atom. The molecule has 0 bridgehead atoms. The highest BCUT2D eigenvalue weighted by Crippen LogP contribution is 2.49. The zero-order valence-electron chi connectivity index (χ0n) is 5.80. The standard InChI is InChI=1S/C4H8N3O3P/c1-3(11(8,9)10)4-5-2-6-7-4/h2-3H,1H3,(H,5,6,7)(H2,8,9,10). The molecule has 1 aromatic heterocycles. The van der Waals surface area contributed by atoms with Crippen molar-refractivity contribution < 1.29 is 14.4 Å². The second-order valence-electron chi connectivity index (χ2n) is 2.14. The maximum atomic E-state index is 10.6. The molecule has 1 heterocycles. The second kappa shape index (κ2) is 2.73. The Labute approximate surface area is 62.8 Å². The molecular weight excluding hydrogens is 169 g/mol. The fourth-order valence-corrected chi connectivity index (χ4v) is 1.02. The lowest BCUT2D eigenvalue weighted by Crippen LogP contribution is -1.96. The summed E-state index contributed by atoms with van der Waals surface area (Å²) < 4.78 is 10.6. The minimum Gasteiger partial charge on any atom is -0.324 e. The van der Waals surface area contributed by atoms with Gasteiger partial charge in [-0.05, 0) is 6.92 Å². The van der Waals surface area contributed by atoms with E-state index in [1.165, 1.54) is 13.3 Å². The lowest BCUT2D eigenvalue weighted by molar-refractivity contribution is 0.360. The van der Waals surface area contributed by atoms with Crippen LogP contribution in [0.3, 0.4) is 0 Å². The zero-order valence-corrected chi connectivity index (χ0v) is 6.69. The highest BCUT2D eigenvalue weighted by Gasteiger charge is 2.27. The number of aromatic amines is 1. The third kappa shape index (κ3) is 1.86. The summed E-state index contributed by atoms with van der Waals surface area (Å²) in [6.45, 7) is 1.39. The molecule has 0 amide bonds. The molecule has 0 aliphatic rings. The fraction of sp³-hybridized carbons (Fsp3) is 0.500. The monoisotopic (exact) mass is 177 g/mol. The van der Waals surface area contributed by atoms with Gasteiger partial charge in [0.2, 0.25) is 0 Å². The first-order chi connectivity index (χ1) is 5.02. The number of hydrogen-bond donors (Lipinski definition) is 3. The summed E-state index contributed by atoms with van der Waals surface area (Å²) in [6.07, 6.45) is 1.21. The topological polar surface area (TPSA) is 99.1 Å². The van der Waals surface area contributed by atoms with E-state index in [1.807, 2.05) is 0 Å². The maximum Gasteiger partial charge on any atom is 0.335 e. The molecule has 1 rings (SSSR count). The van der Waals surface area contributed by atoms with Crippen LogP contribution in [0.25, 0.3) is 0 Å². The van der Waals surface area contributed by atoms with Crippen molar-refractivity contribution in [2.45, 2.75) is 12.6 Å². The van der Waals surface area contributed by atoms with Gasteiger partial charge >= 0.3 is 7.60 Å². The molecule has 0 aliphatic carbocycles. The zero-order chi connectivity index (χ0) is 8.48. The number of H-pyrrole nitrogens is 1. The Kier molecular flexibility index (Phi) is 2.08. The SMILES string of the molecule is CC(c1ncn[nH]1)P(=O)(O)O. The largest absolute Gasteiger partial charge is 0.335 e. The van der Waals surface area contributed by atoms with Gasteiger partial charge in [0, 0.05) is 0 Å². The average molecular weight is 177 g/mol. The van der Waals surface area contributed by atoms with E-state index in [0.717, 1.165) is 0 Å². The molecule has 7 heteroatoms. The predicted octanol–water partition coefficient (Wildman–Crippen LogP) is 0.0434. The molecule has 0 saturated carbocycles. The van der Waals surface area contributed by atoms with Gasteiger partial charge in [0.25, 0.3) is 0 Å². The summed E-state index contributed by atoms with van der Waals surface area (Å²) in [7, 11) is -4.08. The van der Waals surface area contributed by atoms with Gasteiger partial charge in [0.1, 0.15) is 17.8 Å². The predicted molar refractivity (Wildman–Crippen MR) is 36.8 cm³/mol. The molecule has 11 heavy (non-hydrogen) atoms. The van der Waals surface area contributed by atoms with Gasteiger partial charge in [-0.15, -0.1) is 0 Å². The number of aromatic nitrogens is 3. The summed E-state index contributed by atoms with van der Waals surface area (Å²) in [5.41, 5.74) is -0.912. The molecule has 1 atom stereocenters. The van der Waals surface area contributed by atoms with E-state index in [2.05, 4.69) is 15.2 Å². The van der Waals surface area contributed by atoms with Gasteiger partial charge in [0.05, 0.1) is 0 Å². The Morgan fingerprint density at radius 1 is 1.73 bits per heavy atom. The normalized spacial score (nSPS) is 14.8. The lowest BCUT2D eigenvalue weighted by Gasteiger charge is -2.08. The summed E-state index contributed by atoms with van der Waals surface area (Å²) in [4.78, 5) is 21.0. The number of rotatable bonds is 2. The molecule has 0 spiro atoms. The van der Waals surface area contributed by atoms with E-state index in [4.69, 9.17) is 9.79 Å². The van der Waals surface area contributed by atoms with E-state index in [1.54, 1.807) is 0 Å². The van der Waals surface area contributed by atoms with Crippen molar-refractivity contribution in [2.75, 3.05) is 0 Å². The molecule has 0 aromatic carbocycles. The van der Waals surface area contributed by atoms with Crippen LogP contribution in [0.5, 0.6) is 0 Å². The van der Waals surface area contributed by atoms with Crippen LogP contribution in [-0.2, 0) is 4.57 Å². The van der Waals surface area contributed by atoms with E-state index < -0.39 is 13.3 Å². The molecule has 0 fully saturated rings. The molecule has 0 aliphatic heterocycles. The van der Waals surface area contributed by atoms with Crippen molar-refractivity contribution in [1.82, 2.24) is 15.2 Å². The summed E-state index contributed by atoms with van der Waals surface area (Å²) in [5.74, 6) is 0.207. The van der Waals surface area contributed by atoms with E-state index in [-0.39, 0.29) is 5.82 Å². The van der Waals surface area contributed by atoms with Crippen LogP contribution in [0.2, 0.25) is 0 Å². The lowest BCUT2D eigenvalue weighted by atomic mass is 10.5. The fourth-order valence-electron chi connectivity index (χ4n) is 0.576. The van der Waals surface area contributed by atoms with Crippen LogP contribution < -0.4 is 0 Å². The minimum absolute atomic E-state index is 0.207. The minimum atomic E-state index is -4.08. The summed E-state index contributed by atoms with van der Waals surface area (Å²) >= 11 is 0. The Morgan fingerprint density at radius 3 is 2.73 bits per heavy atom. The molecule has 6 nitrogen and oxygen atoms in total. The second-order valence-corrected chi connectivity index (χ2v) is 4.09. The van der Waals surface area contributed by atoms with Gasteiger partial charge in [-0.3, -0.25) is 9.66 Å². The van der Waals surface area contributed by atoms with Crippen molar-refractivity contribution >= 4 is 7.60 Å². The molecule has 1 aromatic rings. The molecule has 0 saturated heterocycles. The first kappa shape index (κ1) is 8.39. The molecule has 1 unspecified atom stereocenters. The first-order valence-electron chi connectivity index (χ1n) is 2.92. The Hall–Kier alpha value is -0.710. The number of nitrogens with zero attached hydrogens (tertiary/aromatic N) is 2. The molecular formula is C4H8N3O3P.